The molecule has 0 spiro atoms. The molecule has 2 heterocycles. The summed E-state index contributed by atoms with van der Waals surface area (Å²) in [5.41, 5.74) is 7.08. The molecule has 0 saturated carbocycles. The number of hydrogen-bond acceptors (Lipinski definition) is 3. The summed E-state index contributed by atoms with van der Waals surface area (Å²) in [6.45, 7) is 0. The van der Waals surface area contributed by atoms with Gasteiger partial charge in [0.2, 0.25) is 0 Å². The smallest absolute Gasteiger partial charge is 0.153 e. The van der Waals surface area contributed by atoms with E-state index in [0.717, 1.165) is 4.88 Å². The standard InChI is InChI=1S/C13H8Cl2FN3S/c14-6-2-1-3-8(16)9(6)10-11(18-19-13(10)17)12-7(15)4-5-20-12/h1-5H,(H3,17,18,19). The summed E-state index contributed by atoms with van der Waals surface area (Å²) in [6, 6.07) is 6.22. The third kappa shape index (κ3) is 2.08. The average Bonchev–Trinajstić information content (AvgIpc) is 2.97. The number of halogens is 3. The van der Waals surface area contributed by atoms with Gasteiger partial charge in [0.15, 0.2) is 5.82 Å². The number of nitrogens with two attached hydrogens (primary N) is 1. The maximum absolute atomic E-state index is 14.1. The molecule has 7 heteroatoms. The Labute approximate surface area is 128 Å². The maximum atomic E-state index is 14.1. The molecule has 20 heavy (non-hydrogen) atoms. The number of anilines is 1. The van der Waals surface area contributed by atoms with E-state index in [-0.39, 0.29) is 16.4 Å². The third-order valence-electron chi connectivity index (χ3n) is 2.85. The van der Waals surface area contributed by atoms with Gasteiger partial charge in [0.25, 0.3) is 0 Å². The first kappa shape index (κ1) is 13.4. The van der Waals surface area contributed by atoms with E-state index >= 15 is 0 Å². The number of hydrogen-bond donors (Lipinski definition) is 2. The molecule has 0 radical (unpaired) electrons. The van der Waals surface area contributed by atoms with Crippen LogP contribution in [-0.2, 0) is 0 Å². The first-order valence-corrected chi connectivity index (χ1v) is 7.24. The number of H-pyrrole nitrogens is 1. The molecule has 0 saturated heterocycles. The van der Waals surface area contributed by atoms with Crippen LogP contribution < -0.4 is 5.73 Å². The van der Waals surface area contributed by atoms with Gasteiger partial charge in [0.1, 0.15) is 5.82 Å². The van der Waals surface area contributed by atoms with Gasteiger partial charge in [-0.15, -0.1) is 11.3 Å². The number of nitrogen functional groups attached to an aromatic ring is 1. The van der Waals surface area contributed by atoms with Crippen LogP contribution in [0.25, 0.3) is 21.7 Å². The van der Waals surface area contributed by atoms with Gasteiger partial charge in [0.05, 0.1) is 26.2 Å². The number of thiophene rings is 1. The topological polar surface area (TPSA) is 54.7 Å². The summed E-state index contributed by atoms with van der Waals surface area (Å²) in [5, 5.41) is 9.40. The van der Waals surface area contributed by atoms with Crippen molar-refractivity contribution in [3.63, 3.8) is 0 Å². The molecule has 2 aromatic heterocycles. The summed E-state index contributed by atoms with van der Waals surface area (Å²) < 4.78 is 14.1. The molecule has 0 aliphatic carbocycles. The summed E-state index contributed by atoms with van der Waals surface area (Å²) >= 11 is 13.6. The molecule has 3 rings (SSSR count). The van der Waals surface area contributed by atoms with Crippen LogP contribution in [0, 0.1) is 5.82 Å². The first-order chi connectivity index (χ1) is 9.59. The number of benzene rings is 1. The minimum absolute atomic E-state index is 0.177. The largest absolute Gasteiger partial charge is 0.382 e. The molecule has 0 unspecified atom stereocenters. The van der Waals surface area contributed by atoms with Gasteiger partial charge in [0, 0.05) is 5.56 Å². The van der Waals surface area contributed by atoms with Crippen LogP contribution in [0.1, 0.15) is 0 Å². The molecule has 0 fully saturated rings. The normalized spacial score (nSPS) is 10.9. The molecular formula is C13H8Cl2FN3S. The van der Waals surface area contributed by atoms with E-state index in [1.54, 1.807) is 12.1 Å². The number of nitrogens with zero attached hydrogens (tertiary/aromatic N) is 1. The summed E-state index contributed by atoms with van der Waals surface area (Å²) in [4.78, 5) is 0.741. The van der Waals surface area contributed by atoms with Crippen molar-refractivity contribution in [2.24, 2.45) is 0 Å². The van der Waals surface area contributed by atoms with Crippen molar-refractivity contribution in [2.75, 3.05) is 5.73 Å². The molecule has 0 atom stereocenters. The van der Waals surface area contributed by atoms with E-state index in [1.807, 2.05) is 5.38 Å². The van der Waals surface area contributed by atoms with Crippen molar-refractivity contribution in [3.8, 4) is 21.7 Å². The van der Waals surface area contributed by atoms with Crippen molar-refractivity contribution < 1.29 is 4.39 Å². The van der Waals surface area contributed by atoms with Crippen LogP contribution in [0.2, 0.25) is 10.0 Å². The quantitative estimate of drug-likeness (QED) is 0.708. The van der Waals surface area contributed by atoms with Crippen molar-refractivity contribution in [3.05, 3.63) is 45.5 Å². The Morgan fingerprint density at radius 1 is 1.15 bits per heavy atom. The Hall–Kier alpha value is -1.56. The predicted molar refractivity (Wildman–Crippen MR) is 81.7 cm³/mol. The lowest BCUT2D eigenvalue weighted by atomic mass is 10.0. The number of aromatic nitrogens is 2. The fourth-order valence-corrected chi connectivity index (χ4v) is 3.39. The highest BCUT2D eigenvalue weighted by Crippen LogP contribution is 2.43. The van der Waals surface area contributed by atoms with Crippen LogP contribution in [0.5, 0.6) is 0 Å². The van der Waals surface area contributed by atoms with Gasteiger partial charge in [-0.25, -0.2) is 4.39 Å². The van der Waals surface area contributed by atoms with Gasteiger partial charge in [-0.3, -0.25) is 5.10 Å². The van der Waals surface area contributed by atoms with E-state index in [2.05, 4.69) is 10.2 Å². The Kier molecular flexibility index (Phi) is 3.41. The second kappa shape index (κ2) is 5.09. The van der Waals surface area contributed by atoms with Crippen LogP contribution in [-0.4, -0.2) is 10.2 Å². The molecular weight excluding hydrogens is 320 g/mol. The molecule has 0 aliphatic rings. The zero-order valence-electron chi connectivity index (χ0n) is 9.95. The Balaban J connectivity index is 2.31. The molecule has 102 valence electrons. The van der Waals surface area contributed by atoms with E-state index in [1.165, 1.54) is 23.5 Å². The fraction of sp³-hybridized carbons (Fsp3) is 0. The Bertz CT molecular complexity index is 762. The highest BCUT2D eigenvalue weighted by Gasteiger charge is 2.22. The van der Waals surface area contributed by atoms with Crippen molar-refractivity contribution in [1.29, 1.82) is 0 Å². The highest BCUT2D eigenvalue weighted by atomic mass is 35.5. The summed E-state index contributed by atoms with van der Waals surface area (Å²) in [7, 11) is 0. The SMILES string of the molecule is Nc1n[nH]c(-c2sccc2Cl)c1-c1c(F)cccc1Cl. The van der Waals surface area contributed by atoms with Gasteiger partial charge in [-0.1, -0.05) is 29.3 Å². The lowest BCUT2D eigenvalue weighted by Gasteiger charge is -2.07. The maximum Gasteiger partial charge on any atom is 0.153 e. The predicted octanol–water partition coefficient (Wildman–Crippen LogP) is 4.83. The van der Waals surface area contributed by atoms with Gasteiger partial charge < -0.3 is 5.73 Å². The summed E-state index contributed by atoms with van der Waals surface area (Å²) in [6.07, 6.45) is 0. The van der Waals surface area contributed by atoms with Crippen LogP contribution in [0.4, 0.5) is 10.2 Å². The molecule has 0 bridgehead atoms. The second-order valence-corrected chi connectivity index (χ2v) is 5.78. The van der Waals surface area contributed by atoms with Gasteiger partial charge in [-0.05, 0) is 23.6 Å². The zero-order valence-corrected chi connectivity index (χ0v) is 12.3. The van der Waals surface area contributed by atoms with Crippen LogP contribution in [0.3, 0.4) is 0 Å². The molecule has 3 N–H and O–H groups in total. The lowest BCUT2D eigenvalue weighted by Crippen LogP contribution is -1.92. The number of rotatable bonds is 2. The van der Waals surface area contributed by atoms with Gasteiger partial charge >= 0.3 is 0 Å². The molecule has 0 aliphatic heterocycles. The molecule has 0 amide bonds. The lowest BCUT2D eigenvalue weighted by molar-refractivity contribution is 0.631. The second-order valence-electron chi connectivity index (χ2n) is 4.05. The molecule has 3 nitrogen and oxygen atoms in total. The average molecular weight is 328 g/mol. The minimum Gasteiger partial charge on any atom is -0.382 e. The van der Waals surface area contributed by atoms with E-state index in [0.29, 0.717) is 16.3 Å². The van der Waals surface area contributed by atoms with E-state index in [9.17, 15) is 4.39 Å². The third-order valence-corrected chi connectivity index (χ3v) is 4.53. The van der Waals surface area contributed by atoms with Crippen molar-refractivity contribution in [1.82, 2.24) is 10.2 Å². The summed E-state index contributed by atoms with van der Waals surface area (Å²) in [5.74, 6) is -0.281. The van der Waals surface area contributed by atoms with E-state index in [4.69, 9.17) is 28.9 Å². The minimum atomic E-state index is -0.459. The molecule has 1 aromatic carbocycles. The number of nitrogens with one attached hydrogen (secondary N) is 1. The van der Waals surface area contributed by atoms with Gasteiger partial charge in [-0.2, -0.15) is 5.10 Å². The van der Waals surface area contributed by atoms with Crippen LogP contribution >= 0.6 is 34.5 Å². The van der Waals surface area contributed by atoms with Crippen molar-refractivity contribution in [2.45, 2.75) is 0 Å². The Morgan fingerprint density at radius 2 is 1.95 bits per heavy atom. The fourth-order valence-electron chi connectivity index (χ4n) is 1.98. The number of aromatic amines is 1. The molecule has 3 aromatic rings. The first-order valence-electron chi connectivity index (χ1n) is 5.61. The van der Waals surface area contributed by atoms with Crippen molar-refractivity contribution >= 4 is 40.4 Å². The zero-order chi connectivity index (χ0) is 14.3. The van der Waals surface area contributed by atoms with Crippen LogP contribution in [0.15, 0.2) is 29.6 Å². The van der Waals surface area contributed by atoms with E-state index < -0.39 is 5.82 Å². The highest BCUT2D eigenvalue weighted by molar-refractivity contribution is 7.14. The monoisotopic (exact) mass is 327 g/mol. The Morgan fingerprint density at radius 3 is 2.60 bits per heavy atom.